The van der Waals surface area contributed by atoms with Gasteiger partial charge in [-0.1, -0.05) is 18.5 Å². The van der Waals surface area contributed by atoms with Crippen LogP contribution in [0, 0.1) is 0 Å². The SMILES string of the molecule is CC1CN(C(=O)c2cc(N)cc(Cl)c2)CCS1. The van der Waals surface area contributed by atoms with Crippen molar-refractivity contribution in [2.75, 3.05) is 24.6 Å². The molecule has 0 bridgehead atoms. The van der Waals surface area contributed by atoms with Crippen LogP contribution in [0.4, 0.5) is 5.69 Å². The van der Waals surface area contributed by atoms with Crippen LogP contribution in [0.1, 0.15) is 17.3 Å². The molecule has 0 radical (unpaired) electrons. The summed E-state index contributed by atoms with van der Waals surface area (Å²) in [7, 11) is 0. The topological polar surface area (TPSA) is 46.3 Å². The van der Waals surface area contributed by atoms with Crippen LogP contribution in [0.25, 0.3) is 0 Å². The van der Waals surface area contributed by atoms with Gasteiger partial charge in [-0.05, 0) is 18.2 Å². The second-order valence-electron chi connectivity index (χ2n) is 4.21. The monoisotopic (exact) mass is 270 g/mol. The maximum atomic E-state index is 12.3. The van der Waals surface area contributed by atoms with Gasteiger partial charge in [0.25, 0.3) is 5.91 Å². The summed E-state index contributed by atoms with van der Waals surface area (Å²) in [6.45, 7) is 3.71. The molecule has 2 N–H and O–H groups in total. The first-order valence-corrected chi connectivity index (χ1v) is 6.96. The fraction of sp³-hybridized carbons (Fsp3) is 0.417. The Labute approximate surface area is 110 Å². The molecule has 1 aromatic rings. The number of nitrogen functional groups attached to an aromatic ring is 1. The quantitative estimate of drug-likeness (QED) is 0.798. The van der Waals surface area contributed by atoms with Gasteiger partial charge in [0.1, 0.15) is 0 Å². The van der Waals surface area contributed by atoms with Crippen LogP contribution >= 0.6 is 23.4 Å². The van der Waals surface area contributed by atoms with Crippen molar-refractivity contribution in [1.29, 1.82) is 0 Å². The first-order valence-electron chi connectivity index (χ1n) is 5.53. The summed E-state index contributed by atoms with van der Waals surface area (Å²) in [5, 5.41) is 0.997. The summed E-state index contributed by atoms with van der Waals surface area (Å²) in [6, 6.07) is 5.00. The summed E-state index contributed by atoms with van der Waals surface area (Å²) in [6.07, 6.45) is 0. The molecule has 1 unspecified atom stereocenters. The van der Waals surface area contributed by atoms with Gasteiger partial charge in [-0.3, -0.25) is 4.79 Å². The maximum Gasteiger partial charge on any atom is 0.254 e. The fourth-order valence-corrected chi connectivity index (χ4v) is 3.18. The summed E-state index contributed by atoms with van der Waals surface area (Å²) in [4.78, 5) is 14.1. The third-order valence-corrected chi connectivity index (χ3v) is 4.05. The third kappa shape index (κ3) is 3.07. The number of benzene rings is 1. The van der Waals surface area contributed by atoms with Crippen LogP contribution in [0.15, 0.2) is 18.2 Å². The Morgan fingerprint density at radius 3 is 2.94 bits per heavy atom. The summed E-state index contributed by atoms with van der Waals surface area (Å²) < 4.78 is 0. The summed E-state index contributed by atoms with van der Waals surface area (Å²) >= 11 is 7.80. The average Bonchev–Trinajstić information content (AvgIpc) is 2.26. The summed E-state index contributed by atoms with van der Waals surface area (Å²) in [5.74, 6) is 1.01. The van der Waals surface area contributed by atoms with Gasteiger partial charge < -0.3 is 10.6 Å². The van der Waals surface area contributed by atoms with Crippen LogP contribution in [-0.4, -0.2) is 34.9 Å². The third-order valence-electron chi connectivity index (χ3n) is 2.70. The minimum atomic E-state index is 0.0198. The van der Waals surface area contributed by atoms with E-state index in [-0.39, 0.29) is 5.91 Å². The predicted molar refractivity (Wildman–Crippen MR) is 73.7 cm³/mol. The number of nitrogens with zero attached hydrogens (tertiary/aromatic N) is 1. The fourth-order valence-electron chi connectivity index (χ4n) is 1.92. The zero-order valence-electron chi connectivity index (χ0n) is 9.65. The molecule has 1 aliphatic heterocycles. The van der Waals surface area contributed by atoms with Gasteiger partial charge >= 0.3 is 0 Å². The molecule has 17 heavy (non-hydrogen) atoms. The van der Waals surface area contributed by atoms with E-state index >= 15 is 0 Å². The van der Waals surface area contributed by atoms with E-state index in [9.17, 15) is 4.79 Å². The number of thioether (sulfide) groups is 1. The summed E-state index contributed by atoms with van der Waals surface area (Å²) in [5.41, 5.74) is 6.80. The lowest BCUT2D eigenvalue weighted by Gasteiger charge is -2.30. The Morgan fingerprint density at radius 2 is 2.29 bits per heavy atom. The molecular formula is C12H15ClN2OS. The lowest BCUT2D eigenvalue weighted by Crippen LogP contribution is -2.41. The lowest BCUT2D eigenvalue weighted by molar-refractivity contribution is 0.0763. The number of rotatable bonds is 1. The molecule has 0 aliphatic carbocycles. The van der Waals surface area contributed by atoms with Crippen LogP contribution in [0.3, 0.4) is 0 Å². The number of carbonyl (C=O) groups excluding carboxylic acids is 1. The van der Waals surface area contributed by atoms with Gasteiger partial charge in [0.15, 0.2) is 0 Å². The first kappa shape index (κ1) is 12.6. The Bertz CT molecular complexity index is 418. The molecule has 1 aromatic carbocycles. The van der Waals surface area contributed by atoms with Crippen LogP contribution in [-0.2, 0) is 0 Å². The van der Waals surface area contributed by atoms with Crippen molar-refractivity contribution in [3.8, 4) is 0 Å². The Kier molecular flexibility index (Phi) is 3.84. The molecule has 0 spiro atoms. The van der Waals surface area contributed by atoms with Crippen molar-refractivity contribution < 1.29 is 4.79 Å². The van der Waals surface area contributed by atoms with Crippen molar-refractivity contribution in [2.24, 2.45) is 0 Å². The van der Waals surface area contributed by atoms with Crippen LogP contribution < -0.4 is 5.73 Å². The van der Waals surface area contributed by atoms with Gasteiger partial charge in [-0.15, -0.1) is 0 Å². The molecule has 1 fully saturated rings. The Hall–Kier alpha value is -0.870. The van der Waals surface area contributed by atoms with Gasteiger partial charge in [-0.2, -0.15) is 11.8 Å². The van der Waals surface area contributed by atoms with Gasteiger partial charge in [-0.25, -0.2) is 0 Å². The van der Waals surface area contributed by atoms with Crippen LogP contribution in [0.5, 0.6) is 0 Å². The molecule has 2 rings (SSSR count). The number of nitrogens with two attached hydrogens (primary N) is 1. The van der Waals surface area contributed by atoms with E-state index in [0.717, 1.165) is 18.8 Å². The van der Waals surface area contributed by atoms with E-state index in [0.29, 0.717) is 21.5 Å². The molecule has 92 valence electrons. The number of anilines is 1. The molecule has 5 heteroatoms. The molecule has 0 aromatic heterocycles. The predicted octanol–water partition coefficient (Wildman–Crippen LogP) is 2.50. The molecular weight excluding hydrogens is 256 g/mol. The van der Waals surface area contributed by atoms with E-state index in [1.54, 1.807) is 18.2 Å². The second kappa shape index (κ2) is 5.19. The Morgan fingerprint density at radius 1 is 1.53 bits per heavy atom. The molecule has 1 amide bonds. The first-order chi connectivity index (χ1) is 8.06. The highest BCUT2D eigenvalue weighted by Gasteiger charge is 2.22. The standard InChI is InChI=1S/C12H15ClN2OS/c1-8-7-15(2-3-17-8)12(16)9-4-10(13)6-11(14)5-9/h4-6,8H,2-3,7,14H2,1H3. The maximum absolute atomic E-state index is 12.3. The van der Waals surface area contributed by atoms with Crippen molar-refractivity contribution in [3.05, 3.63) is 28.8 Å². The highest BCUT2D eigenvalue weighted by Crippen LogP contribution is 2.22. The van der Waals surface area contributed by atoms with E-state index in [1.807, 2.05) is 16.7 Å². The minimum absolute atomic E-state index is 0.0198. The molecule has 0 saturated carbocycles. The van der Waals surface area contributed by atoms with E-state index in [2.05, 4.69) is 6.92 Å². The number of hydrogen-bond acceptors (Lipinski definition) is 3. The van der Waals surface area contributed by atoms with Gasteiger partial charge in [0.2, 0.25) is 0 Å². The molecule has 1 aliphatic rings. The van der Waals surface area contributed by atoms with Gasteiger partial charge in [0.05, 0.1) is 0 Å². The van der Waals surface area contributed by atoms with Crippen molar-refractivity contribution in [1.82, 2.24) is 4.90 Å². The zero-order chi connectivity index (χ0) is 12.4. The normalized spacial score (nSPS) is 20.4. The van der Waals surface area contributed by atoms with E-state index in [1.165, 1.54) is 0 Å². The highest BCUT2D eigenvalue weighted by molar-refractivity contribution is 7.99. The van der Waals surface area contributed by atoms with Gasteiger partial charge in [0, 0.05) is 40.4 Å². The number of carbonyl (C=O) groups is 1. The van der Waals surface area contributed by atoms with Crippen LogP contribution in [0.2, 0.25) is 5.02 Å². The average molecular weight is 271 g/mol. The lowest BCUT2D eigenvalue weighted by atomic mass is 10.1. The van der Waals surface area contributed by atoms with Crippen molar-refractivity contribution >= 4 is 35.0 Å². The molecule has 3 nitrogen and oxygen atoms in total. The Balaban J connectivity index is 2.18. The molecule has 1 atom stereocenters. The smallest absolute Gasteiger partial charge is 0.254 e. The number of hydrogen-bond donors (Lipinski definition) is 1. The number of halogens is 1. The molecule has 1 heterocycles. The minimum Gasteiger partial charge on any atom is -0.399 e. The number of amides is 1. The van der Waals surface area contributed by atoms with E-state index < -0.39 is 0 Å². The zero-order valence-corrected chi connectivity index (χ0v) is 11.2. The second-order valence-corrected chi connectivity index (χ2v) is 6.19. The molecule has 1 saturated heterocycles. The van der Waals surface area contributed by atoms with E-state index in [4.69, 9.17) is 17.3 Å². The van der Waals surface area contributed by atoms with Crippen molar-refractivity contribution in [2.45, 2.75) is 12.2 Å². The highest BCUT2D eigenvalue weighted by atomic mass is 35.5. The van der Waals surface area contributed by atoms with Crippen molar-refractivity contribution in [3.63, 3.8) is 0 Å². The largest absolute Gasteiger partial charge is 0.399 e.